The van der Waals surface area contributed by atoms with Gasteiger partial charge in [-0.05, 0) is 83.8 Å². The van der Waals surface area contributed by atoms with E-state index in [1.54, 1.807) is 19.2 Å². The van der Waals surface area contributed by atoms with Crippen LogP contribution in [0.2, 0.25) is 0 Å². The molecule has 4 rings (SSSR count). The number of hydrogen-bond donors (Lipinski definition) is 2. The van der Waals surface area contributed by atoms with Gasteiger partial charge in [-0.2, -0.15) is 0 Å². The fraction of sp³-hybridized carbons (Fsp3) is 0.267. The van der Waals surface area contributed by atoms with Gasteiger partial charge in [0.2, 0.25) is 10.0 Å². The average Bonchev–Trinajstić information content (AvgIpc) is 2.89. The molecule has 0 saturated heterocycles. The molecule has 198 valence electrons. The second-order valence-electron chi connectivity index (χ2n) is 9.87. The number of ether oxygens (including phenoxy) is 1. The van der Waals surface area contributed by atoms with Gasteiger partial charge in [-0.1, -0.05) is 45.0 Å². The Morgan fingerprint density at radius 3 is 2.37 bits per heavy atom. The molecule has 0 aliphatic carbocycles. The number of benzene rings is 2. The summed E-state index contributed by atoms with van der Waals surface area (Å²) < 4.78 is 29.4. The highest BCUT2D eigenvalue weighted by atomic mass is 32.2. The second-order valence-corrected chi connectivity index (χ2v) is 11.4. The standard InChI is InChI=1S/C30H34N4O3S/c1-19(2)24-10-12-30(33-17-24)34-28-11-9-22(14-29(28)37-5)13-20(3)25-16-27(21(4)32-18-25)23-7-6-8-26(15-23)38(31,35)36/h6-12,14-20H,13H2,1-5H3,(H,33,34)(H2,31,35,36). The third-order valence-corrected chi connectivity index (χ3v) is 7.59. The van der Waals surface area contributed by atoms with Crippen LogP contribution in [0.1, 0.15) is 55.0 Å². The van der Waals surface area contributed by atoms with E-state index in [0.717, 1.165) is 51.6 Å². The van der Waals surface area contributed by atoms with Crippen molar-refractivity contribution < 1.29 is 13.2 Å². The van der Waals surface area contributed by atoms with E-state index < -0.39 is 10.0 Å². The van der Waals surface area contributed by atoms with Crippen LogP contribution in [-0.2, 0) is 16.4 Å². The molecule has 4 aromatic rings. The maximum Gasteiger partial charge on any atom is 0.238 e. The molecule has 2 heterocycles. The van der Waals surface area contributed by atoms with Gasteiger partial charge in [-0.15, -0.1) is 0 Å². The lowest BCUT2D eigenvalue weighted by Crippen LogP contribution is -2.12. The maximum atomic E-state index is 11.8. The van der Waals surface area contributed by atoms with Crippen molar-refractivity contribution in [1.82, 2.24) is 9.97 Å². The zero-order valence-corrected chi connectivity index (χ0v) is 23.2. The van der Waals surface area contributed by atoms with Crippen molar-refractivity contribution in [3.05, 3.63) is 95.4 Å². The number of aryl methyl sites for hydroxylation is 1. The van der Waals surface area contributed by atoms with Crippen LogP contribution in [0.3, 0.4) is 0 Å². The number of anilines is 2. The number of sulfonamides is 1. The smallest absolute Gasteiger partial charge is 0.238 e. The summed E-state index contributed by atoms with van der Waals surface area (Å²) in [7, 11) is -2.13. The van der Waals surface area contributed by atoms with Crippen LogP contribution in [0.4, 0.5) is 11.5 Å². The quantitative estimate of drug-likeness (QED) is 0.262. The van der Waals surface area contributed by atoms with Crippen molar-refractivity contribution in [3.8, 4) is 16.9 Å². The number of aromatic nitrogens is 2. The summed E-state index contributed by atoms with van der Waals surface area (Å²) in [5.74, 6) is 2.10. The predicted molar refractivity (Wildman–Crippen MR) is 153 cm³/mol. The molecular weight excluding hydrogens is 496 g/mol. The topological polar surface area (TPSA) is 107 Å². The fourth-order valence-corrected chi connectivity index (χ4v) is 4.91. The van der Waals surface area contributed by atoms with Crippen molar-refractivity contribution in [1.29, 1.82) is 0 Å². The first kappa shape index (κ1) is 27.3. The molecule has 0 fully saturated rings. The largest absolute Gasteiger partial charge is 0.495 e. The molecule has 38 heavy (non-hydrogen) atoms. The molecule has 8 heteroatoms. The third kappa shape index (κ3) is 6.38. The van der Waals surface area contributed by atoms with Crippen molar-refractivity contribution in [2.45, 2.75) is 50.8 Å². The molecule has 3 N–H and O–H groups in total. The van der Waals surface area contributed by atoms with Crippen LogP contribution in [-0.4, -0.2) is 25.5 Å². The van der Waals surface area contributed by atoms with Gasteiger partial charge < -0.3 is 10.1 Å². The predicted octanol–water partition coefficient (Wildman–Crippen LogP) is 6.32. The van der Waals surface area contributed by atoms with Crippen LogP contribution >= 0.6 is 0 Å². The Balaban J connectivity index is 1.54. The van der Waals surface area contributed by atoms with Gasteiger partial charge >= 0.3 is 0 Å². The second kappa shape index (κ2) is 11.3. The summed E-state index contributed by atoms with van der Waals surface area (Å²) in [6.07, 6.45) is 4.55. The number of rotatable bonds is 9. The fourth-order valence-electron chi connectivity index (χ4n) is 4.35. The molecule has 0 bridgehead atoms. The van der Waals surface area contributed by atoms with E-state index in [2.05, 4.69) is 54.3 Å². The lowest BCUT2D eigenvalue weighted by molar-refractivity contribution is 0.416. The Bertz CT molecular complexity index is 1530. The minimum absolute atomic E-state index is 0.0831. The van der Waals surface area contributed by atoms with Gasteiger partial charge in [0.15, 0.2) is 0 Å². The van der Waals surface area contributed by atoms with E-state index in [1.807, 2.05) is 43.6 Å². The molecule has 0 saturated carbocycles. The van der Waals surface area contributed by atoms with E-state index in [-0.39, 0.29) is 10.8 Å². The van der Waals surface area contributed by atoms with Crippen LogP contribution in [0.5, 0.6) is 5.75 Å². The SMILES string of the molecule is COc1cc(CC(C)c2cnc(C)c(-c3cccc(S(N)(=O)=O)c3)c2)ccc1Nc1ccc(C(C)C)cn1. The first-order valence-corrected chi connectivity index (χ1v) is 14.1. The number of primary sulfonamides is 1. The van der Waals surface area contributed by atoms with E-state index >= 15 is 0 Å². The summed E-state index contributed by atoms with van der Waals surface area (Å²) >= 11 is 0. The molecule has 0 aliphatic heterocycles. The lowest BCUT2D eigenvalue weighted by atomic mass is 9.92. The Hall–Kier alpha value is -3.75. The van der Waals surface area contributed by atoms with Gasteiger partial charge in [0.1, 0.15) is 11.6 Å². The zero-order valence-electron chi connectivity index (χ0n) is 22.4. The maximum absolute atomic E-state index is 11.8. The van der Waals surface area contributed by atoms with Crippen molar-refractivity contribution in [3.63, 3.8) is 0 Å². The molecule has 2 aromatic carbocycles. The molecule has 0 spiro atoms. The minimum Gasteiger partial charge on any atom is -0.495 e. The van der Waals surface area contributed by atoms with Crippen molar-refractivity contribution >= 4 is 21.5 Å². The molecule has 0 amide bonds. The van der Waals surface area contributed by atoms with E-state index in [1.165, 1.54) is 11.6 Å². The van der Waals surface area contributed by atoms with Crippen LogP contribution in [0.15, 0.2) is 78.0 Å². The van der Waals surface area contributed by atoms with Gasteiger partial charge in [-0.3, -0.25) is 4.98 Å². The molecule has 0 radical (unpaired) electrons. The summed E-state index contributed by atoms with van der Waals surface area (Å²) in [5, 5.41) is 8.69. The number of nitrogens with one attached hydrogen (secondary N) is 1. The summed E-state index contributed by atoms with van der Waals surface area (Å²) in [5.41, 5.74) is 6.69. The normalized spacial score (nSPS) is 12.4. The number of pyridine rings is 2. The monoisotopic (exact) mass is 530 g/mol. The first-order valence-electron chi connectivity index (χ1n) is 12.5. The molecule has 7 nitrogen and oxygen atoms in total. The van der Waals surface area contributed by atoms with E-state index in [4.69, 9.17) is 9.88 Å². The molecular formula is C30H34N4O3S. The Labute approximate surface area is 225 Å². The third-order valence-electron chi connectivity index (χ3n) is 6.67. The van der Waals surface area contributed by atoms with Crippen LogP contribution in [0, 0.1) is 6.92 Å². The van der Waals surface area contributed by atoms with Gasteiger partial charge in [0.25, 0.3) is 0 Å². The van der Waals surface area contributed by atoms with E-state index in [9.17, 15) is 8.42 Å². The summed E-state index contributed by atoms with van der Waals surface area (Å²) in [4.78, 5) is 9.21. The highest BCUT2D eigenvalue weighted by Gasteiger charge is 2.15. The molecule has 0 aliphatic rings. The van der Waals surface area contributed by atoms with Gasteiger partial charge in [0, 0.05) is 23.7 Å². The first-order chi connectivity index (χ1) is 18.0. The Morgan fingerprint density at radius 2 is 1.71 bits per heavy atom. The number of nitrogens with two attached hydrogens (primary N) is 1. The average molecular weight is 531 g/mol. The minimum atomic E-state index is -3.79. The van der Waals surface area contributed by atoms with Crippen LogP contribution < -0.4 is 15.2 Å². The summed E-state index contributed by atoms with van der Waals surface area (Å²) in [6, 6.07) is 18.9. The van der Waals surface area contributed by atoms with Gasteiger partial charge in [-0.25, -0.2) is 18.5 Å². The van der Waals surface area contributed by atoms with Crippen molar-refractivity contribution in [2.75, 3.05) is 12.4 Å². The van der Waals surface area contributed by atoms with E-state index in [0.29, 0.717) is 5.92 Å². The molecule has 1 atom stereocenters. The highest BCUT2D eigenvalue weighted by Crippen LogP contribution is 2.32. The molecule has 2 aromatic heterocycles. The Kier molecular flexibility index (Phi) is 8.14. The number of hydrogen-bond acceptors (Lipinski definition) is 6. The van der Waals surface area contributed by atoms with Crippen molar-refractivity contribution in [2.24, 2.45) is 5.14 Å². The van der Waals surface area contributed by atoms with Gasteiger partial charge in [0.05, 0.1) is 17.7 Å². The number of methoxy groups -OCH3 is 1. The zero-order chi connectivity index (χ0) is 27.4. The van der Waals surface area contributed by atoms with Crippen LogP contribution in [0.25, 0.3) is 11.1 Å². The molecule has 1 unspecified atom stereocenters. The number of nitrogens with zero attached hydrogens (tertiary/aromatic N) is 2. The summed E-state index contributed by atoms with van der Waals surface area (Å²) in [6.45, 7) is 8.35. The highest BCUT2D eigenvalue weighted by molar-refractivity contribution is 7.89. The lowest BCUT2D eigenvalue weighted by Gasteiger charge is -2.17. The Morgan fingerprint density at radius 1 is 0.947 bits per heavy atom.